The molecule has 0 aromatic heterocycles. The van der Waals surface area contributed by atoms with E-state index in [1.165, 1.54) is 0 Å². The summed E-state index contributed by atoms with van der Waals surface area (Å²) in [4.78, 5) is 13.8. The molecule has 0 fully saturated rings. The number of phenols is 1. The molecule has 0 spiro atoms. The van der Waals surface area contributed by atoms with Gasteiger partial charge in [-0.15, -0.1) is 0 Å². The van der Waals surface area contributed by atoms with Crippen LogP contribution in [0.1, 0.15) is 25.0 Å². The average molecular weight is 283 g/mol. The molecule has 3 heteroatoms. The van der Waals surface area contributed by atoms with Crippen molar-refractivity contribution >= 4 is 5.91 Å². The Bertz CT molecular complexity index is 578. The van der Waals surface area contributed by atoms with Crippen molar-refractivity contribution in [2.24, 2.45) is 0 Å². The number of nitrogens with zero attached hydrogens (tertiary/aromatic N) is 1. The lowest BCUT2D eigenvalue weighted by atomic mass is 10.0. The average Bonchev–Trinajstić information content (AvgIpc) is 2.48. The van der Waals surface area contributed by atoms with Crippen LogP contribution in [0.15, 0.2) is 54.6 Å². The first kappa shape index (κ1) is 15.1. The Morgan fingerprint density at radius 3 is 2.24 bits per heavy atom. The Hall–Kier alpha value is -2.29. The second-order valence-electron chi connectivity index (χ2n) is 5.35. The summed E-state index contributed by atoms with van der Waals surface area (Å²) in [7, 11) is 0. The number of rotatable bonds is 5. The third kappa shape index (κ3) is 4.35. The van der Waals surface area contributed by atoms with E-state index in [4.69, 9.17) is 0 Å². The fourth-order valence-electron chi connectivity index (χ4n) is 2.44. The molecule has 0 saturated heterocycles. The molecule has 0 aliphatic rings. The normalized spacial score (nSPS) is 11.9. The number of phenolic OH excluding ortho intramolecular Hbond substituents is 1. The number of carbonyl (C=O) groups excluding carboxylic acids is 1. The van der Waals surface area contributed by atoms with Gasteiger partial charge in [-0.1, -0.05) is 42.5 Å². The lowest BCUT2D eigenvalue weighted by Gasteiger charge is -2.28. The van der Waals surface area contributed by atoms with Gasteiger partial charge in [0, 0.05) is 19.5 Å². The second kappa shape index (κ2) is 6.93. The molecular weight excluding hydrogens is 262 g/mol. The van der Waals surface area contributed by atoms with Crippen molar-refractivity contribution in [2.75, 3.05) is 0 Å². The van der Waals surface area contributed by atoms with E-state index in [1.807, 2.05) is 47.4 Å². The van der Waals surface area contributed by atoms with E-state index in [0.717, 1.165) is 17.5 Å². The predicted octanol–water partition coefficient (Wildman–Crippen LogP) is 3.37. The Labute approximate surface area is 125 Å². The lowest BCUT2D eigenvalue weighted by molar-refractivity contribution is -0.131. The molecule has 110 valence electrons. The van der Waals surface area contributed by atoms with Crippen molar-refractivity contribution in [3.8, 4) is 5.75 Å². The molecule has 0 aliphatic carbocycles. The highest BCUT2D eigenvalue weighted by Gasteiger charge is 2.17. The largest absolute Gasteiger partial charge is 0.508 e. The Balaban J connectivity index is 2.07. The number of benzene rings is 2. The molecule has 2 rings (SSSR count). The number of hydrogen-bond acceptors (Lipinski definition) is 2. The third-order valence-electron chi connectivity index (χ3n) is 3.60. The maximum absolute atomic E-state index is 11.9. The van der Waals surface area contributed by atoms with Crippen LogP contribution in [0.3, 0.4) is 0 Å². The van der Waals surface area contributed by atoms with Gasteiger partial charge in [-0.2, -0.15) is 0 Å². The summed E-state index contributed by atoms with van der Waals surface area (Å²) in [5.74, 6) is 0.337. The zero-order chi connectivity index (χ0) is 15.2. The minimum atomic E-state index is 0.0742. The van der Waals surface area contributed by atoms with E-state index in [-0.39, 0.29) is 17.7 Å². The summed E-state index contributed by atoms with van der Waals surface area (Å²) >= 11 is 0. The first-order chi connectivity index (χ1) is 10.1. The first-order valence-corrected chi connectivity index (χ1v) is 7.15. The number of carbonyl (C=O) groups is 1. The maximum Gasteiger partial charge on any atom is 0.219 e. The molecular formula is C18H21NO2. The van der Waals surface area contributed by atoms with Crippen molar-refractivity contribution in [1.29, 1.82) is 0 Å². The van der Waals surface area contributed by atoms with Gasteiger partial charge in [-0.25, -0.2) is 0 Å². The van der Waals surface area contributed by atoms with Gasteiger partial charge in [0.1, 0.15) is 5.75 Å². The summed E-state index contributed by atoms with van der Waals surface area (Å²) in [5.41, 5.74) is 2.24. The Kier molecular flexibility index (Phi) is 4.99. The molecule has 3 nitrogen and oxygen atoms in total. The molecule has 2 aromatic carbocycles. The van der Waals surface area contributed by atoms with E-state index in [9.17, 15) is 9.90 Å². The van der Waals surface area contributed by atoms with Crippen LogP contribution in [-0.2, 0) is 17.8 Å². The van der Waals surface area contributed by atoms with Gasteiger partial charge in [0.05, 0.1) is 0 Å². The molecule has 2 aromatic rings. The van der Waals surface area contributed by atoms with E-state index in [0.29, 0.717) is 6.54 Å². The minimum Gasteiger partial charge on any atom is -0.508 e. The topological polar surface area (TPSA) is 40.5 Å². The van der Waals surface area contributed by atoms with Gasteiger partial charge < -0.3 is 10.0 Å². The van der Waals surface area contributed by atoms with Crippen LogP contribution in [0.5, 0.6) is 5.75 Å². The summed E-state index contributed by atoms with van der Waals surface area (Å²) < 4.78 is 0. The second-order valence-corrected chi connectivity index (χ2v) is 5.35. The van der Waals surface area contributed by atoms with Gasteiger partial charge >= 0.3 is 0 Å². The van der Waals surface area contributed by atoms with Gasteiger partial charge in [0.2, 0.25) is 5.91 Å². The molecule has 0 saturated carbocycles. The molecule has 1 unspecified atom stereocenters. The fourth-order valence-corrected chi connectivity index (χ4v) is 2.44. The molecule has 1 atom stereocenters. The summed E-state index contributed by atoms with van der Waals surface area (Å²) in [5, 5.41) is 9.32. The summed E-state index contributed by atoms with van der Waals surface area (Å²) in [6.45, 7) is 4.28. The Morgan fingerprint density at radius 2 is 1.67 bits per heavy atom. The van der Waals surface area contributed by atoms with Crippen LogP contribution in [0.2, 0.25) is 0 Å². The fraction of sp³-hybridized carbons (Fsp3) is 0.278. The predicted molar refractivity (Wildman–Crippen MR) is 83.9 cm³/mol. The maximum atomic E-state index is 11.9. The van der Waals surface area contributed by atoms with Crippen LogP contribution in [0.25, 0.3) is 0 Å². The Morgan fingerprint density at radius 1 is 1.05 bits per heavy atom. The number of aromatic hydroxyl groups is 1. The lowest BCUT2D eigenvalue weighted by Crippen LogP contribution is -2.37. The smallest absolute Gasteiger partial charge is 0.219 e. The molecule has 0 heterocycles. The third-order valence-corrected chi connectivity index (χ3v) is 3.60. The summed E-state index contributed by atoms with van der Waals surface area (Å²) in [6, 6.07) is 17.3. The molecule has 21 heavy (non-hydrogen) atoms. The highest BCUT2D eigenvalue weighted by Crippen LogP contribution is 2.15. The van der Waals surface area contributed by atoms with Crippen LogP contribution < -0.4 is 0 Å². The highest BCUT2D eigenvalue weighted by atomic mass is 16.3. The minimum absolute atomic E-state index is 0.0742. The van der Waals surface area contributed by atoms with E-state index in [1.54, 1.807) is 19.1 Å². The zero-order valence-corrected chi connectivity index (χ0v) is 12.5. The molecule has 1 amide bonds. The van der Waals surface area contributed by atoms with Gasteiger partial charge in [0.25, 0.3) is 0 Å². The first-order valence-electron chi connectivity index (χ1n) is 7.15. The SMILES string of the molecule is CC(=O)N(Cc1ccccc1)C(C)Cc1ccc(O)cc1. The highest BCUT2D eigenvalue weighted by molar-refractivity contribution is 5.73. The standard InChI is InChI=1S/C18H21NO2/c1-14(12-16-8-10-18(21)11-9-16)19(15(2)20)13-17-6-4-3-5-7-17/h3-11,14,21H,12-13H2,1-2H3. The molecule has 0 radical (unpaired) electrons. The van der Waals surface area contributed by atoms with Gasteiger partial charge in [-0.3, -0.25) is 4.79 Å². The van der Waals surface area contributed by atoms with Crippen molar-refractivity contribution in [1.82, 2.24) is 4.90 Å². The quantitative estimate of drug-likeness (QED) is 0.914. The zero-order valence-electron chi connectivity index (χ0n) is 12.5. The van der Waals surface area contributed by atoms with Crippen LogP contribution in [-0.4, -0.2) is 22.0 Å². The number of hydrogen-bond donors (Lipinski definition) is 1. The number of amides is 1. The van der Waals surface area contributed by atoms with E-state index < -0.39 is 0 Å². The van der Waals surface area contributed by atoms with Gasteiger partial charge in [-0.05, 0) is 36.6 Å². The van der Waals surface area contributed by atoms with Crippen LogP contribution in [0.4, 0.5) is 0 Å². The van der Waals surface area contributed by atoms with Crippen molar-refractivity contribution < 1.29 is 9.90 Å². The summed E-state index contributed by atoms with van der Waals surface area (Å²) in [6.07, 6.45) is 0.771. The van der Waals surface area contributed by atoms with E-state index >= 15 is 0 Å². The molecule has 0 bridgehead atoms. The monoisotopic (exact) mass is 283 g/mol. The van der Waals surface area contributed by atoms with Gasteiger partial charge in [0.15, 0.2) is 0 Å². The molecule has 0 aliphatic heterocycles. The molecule has 1 N–H and O–H groups in total. The van der Waals surface area contributed by atoms with Crippen LogP contribution >= 0.6 is 0 Å². The van der Waals surface area contributed by atoms with Crippen LogP contribution in [0, 0.1) is 0 Å². The van der Waals surface area contributed by atoms with Crippen molar-refractivity contribution in [2.45, 2.75) is 32.9 Å². The van der Waals surface area contributed by atoms with E-state index in [2.05, 4.69) is 6.92 Å². The van der Waals surface area contributed by atoms with Crippen molar-refractivity contribution in [3.63, 3.8) is 0 Å². The van der Waals surface area contributed by atoms with Crippen molar-refractivity contribution in [3.05, 3.63) is 65.7 Å².